The van der Waals surface area contributed by atoms with Crippen LogP contribution in [0.3, 0.4) is 0 Å². The molecular formula is C8H13N3O2. The summed E-state index contributed by atoms with van der Waals surface area (Å²) in [5.41, 5.74) is 6.30. The fourth-order valence-corrected chi connectivity index (χ4v) is 1.25. The third kappa shape index (κ3) is 1.49. The number of nitrogen functional groups attached to an aromatic ring is 1. The van der Waals surface area contributed by atoms with Gasteiger partial charge in [-0.05, 0) is 13.3 Å². The minimum absolute atomic E-state index is 0.143. The Balaban J connectivity index is 3.28. The highest BCUT2D eigenvalue weighted by molar-refractivity contribution is 5.94. The molecule has 0 unspecified atom stereocenters. The van der Waals surface area contributed by atoms with Crippen molar-refractivity contribution in [2.45, 2.75) is 26.8 Å². The number of carbonyl (C=O) groups is 1. The van der Waals surface area contributed by atoms with Crippen LogP contribution in [0.25, 0.3) is 0 Å². The molecule has 0 fully saturated rings. The Morgan fingerprint density at radius 1 is 1.62 bits per heavy atom. The Hall–Kier alpha value is -1.52. The first-order valence-corrected chi connectivity index (χ1v) is 4.20. The van der Waals surface area contributed by atoms with Gasteiger partial charge in [-0.1, -0.05) is 6.92 Å². The Labute approximate surface area is 76.2 Å². The Morgan fingerprint density at radius 2 is 2.23 bits per heavy atom. The summed E-state index contributed by atoms with van der Waals surface area (Å²) < 4.78 is 1.50. The van der Waals surface area contributed by atoms with Crippen LogP contribution < -0.4 is 5.73 Å². The van der Waals surface area contributed by atoms with Crippen molar-refractivity contribution < 1.29 is 9.90 Å². The first-order chi connectivity index (χ1) is 6.11. The van der Waals surface area contributed by atoms with Crippen molar-refractivity contribution in [2.75, 3.05) is 5.73 Å². The van der Waals surface area contributed by atoms with Gasteiger partial charge in [0.1, 0.15) is 11.4 Å². The molecule has 1 heterocycles. The minimum Gasteiger partial charge on any atom is -0.477 e. The molecule has 0 saturated carbocycles. The molecular weight excluding hydrogens is 170 g/mol. The summed E-state index contributed by atoms with van der Waals surface area (Å²) >= 11 is 0. The number of aromatic nitrogens is 2. The molecule has 0 amide bonds. The third-order valence-electron chi connectivity index (χ3n) is 1.91. The van der Waals surface area contributed by atoms with Crippen molar-refractivity contribution in [2.24, 2.45) is 0 Å². The first kappa shape index (κ1) is 9.57. The quantitative estimate of drug-likeness (QED) is 0.724. The number of hydrogen-bond donors (Lipinski definition) is 2. The van der Waals surface area contributed by atoms with E-state index in [9.17, 15) is 4.79 Å². The van der Waals surface area contributed by atoms with Gasteiger partial charge in [0.15, 0.2) is 0 Å². The molecule has 0 aliphatic rings. The number of nitrogens with two attached hydrogens (primary N) is 1. The van der Waals surface area contributed by atoms with Crippen LogP contribution in [0.4, 0.5) is 5.82 Å². The molecule has 1 rings (SSSR count). The summed E-state index contributed by atoms with van der Waals surface area (Å²) in [6.45, 7) is 4.31. The molecule has 0 aliphatic carbocycles. The highest BCUT2D eigenvalue weighted by Gasteiger charge is 2.19. The Morgan fingerprint density at radius 3 is 2.54 bits per heavy atom. The van der Waals surface area contributed by atoms with Gasteiger partial charge in [-0.3, -0.25) is 0 Å². The van der Waals surface area contributed by atoms with Gasteiger partial charge in [0, 0.05) is 6.54 Å². The van der Waals surface area contributed by atoms with Crippen molar-refractivity contribution in [3.05, 3.63) is 11.3 Å². The Kier molecular flexibility index (Phi) is 2.55. The van der Waals surface area contributed by atoms with E-state index in [4.69, 9.17) is 10.8 Å². The van der Waals surface area contributed by atoms with E-state index in [0.29, 0.717) is 18.7 Å². The van der Waals surface area contributed by atoms with Gasteiger partial charge in [0.25, 0.3) is 0 Å². The van der Waals surface area contributed by atoms with Crippen LogP contribution in [0.15, 0.2) is 0 Å². The number of anilines is 1. The van der Waals surface area contributed by atoms with Crippen LogP contribution in [0.2, 0.25) is 0 Å². The van der Waals surface area contributed by atoms with E-state index in [-0.39, 0.29) is 11.4 Å². The monoisotopic (exact) mass is 183 g/mol. The van der Waals surface area contributed by atoms with Gasteiger partial charge >= 0.3 is 5.97 Å². The second-order valence-electron chi connectivity index (χ2n) is 2.68. The molecule has 5 nitrogen and oxygen atoms in total. The lowest BCUT2D eigenvalue weighted by Crippen LogP contribution is -2.06. The van der Waals surface area contributed by atoms with E-state index in [0.717, 1.165) is 0 Å². The van der Waals surface area contributed by atoms with Gasteiger partial charge in [0.05, 0.1) is 5.69 Å². The summed E-state index contributed by atoms with van der Waals surface area (Å²) in [6, 6.07) is 0. The van der Waals surface area contributed by atoms with E-state index < -0.39 is 5.97 Å². The number of rotatable bonds is 3. The zero-order valence-corrected chi connectivity index (χ0v) is 7.74. The maximum absolute atomic E-state index is 10.8. The van der Waals surface area contributed by atoms with Crippen LogP contribution in [-0.2, 0) is 13.0 Å². The second kappa shape index (κ2) is 3.47. The molecule has 3 N–H and O–H groups in total. The van der Waals surface area contributed by atoms with Crippen molar-refractivity contribution in [3.8, 4) is 0 Å². The molecule has 0 bridgehead atoms. The number of hydrogen-bond acceptors (Lipinski definition) is 3. The molecule has 0 radical (unpaired) electrons. The summed E-state index contributed by atoms with van der Waals surface area (Å²) in [4.78, 5) is 10.8. The number of carboxylic acid groups (broad SMARTS) is 1. The smallest absolute Gasteiger partial charge is 0.341 e. The lowest BCUT2D eigenvalue weighted by Gasteiger charge is -1.97. The zero-order chi connectivity index (χ0) is 10.0. The lowest BCUT2D eigenvalue weighted by molar-refractivity contribution is 0.0697. The van der Waals surface area contributed by atoms with E-state index in [1.54, 1.807) is 0 Å². The third-order valence-corrected chi connectivity index (χ3v) is 1.91. The largest absolute Gasteiger partial charge is 0.477 e. The number of aromatic carboxylic acids is 1. The highest BCUT2D eigenvalue weighted by Crippen LogP contribution is 2.17. The SMILES string of the molecule is CCc1nn(CC)c(N)c1C(=O)O. The average molecular weight is 183 g/mol. The number of aryl methyl sites for hydroxylation is 2. The lowest BCUT2D eigenvalue weighted by atomic mass is 10.2. The van der Waals surface area contributed by atoms with Crippen LogP contribution in [0.5, 0.6) is 0 Å². The average Bonchev–Trinajstić information content (AvgIpc) is 2.41. The van der Waals surface area contributed by atoms with Crippen molar-refractivity contribution in [3.63, 3.8) is 0 Å². The molecule has 0 aromatic carbocycles. The van der Waals surface area contributed by atoms with Crippen LogP contribution in [0.1, 0.15) is 29.9 Å². The highest BCUT2D eigenvalue weighted by atomic mass is 16.4. The van der Waals surface area contributed by atoms with Crippen molar-refractivity contribution in [1.29, 1.82) is 0 Å². The number of carboxylic acids is 1. The fourth-order valence-electron chi connectivity index (χ4n) is 1.25. The molecule has 13 heavy (non-hydrogen) atoms. The summed E-state index contributed by atoms with van der Waals surface area (Å²) in [5.74, 6) is -0.763. The Bertz CT molecular complexity index is 330. The number of nitrogens with zero attached hydrogens (tertiary/aromatic N) is 2. The normalized spacial score (nSPS) is 10.3. The van der Waals surface area contributed by atoms with E-state index in [1.165, 1.54) is 4.68 Å². The molecule has 1 aromatic rings. The van der Waals surface area contributed by atoms with Crippen LogP contribution in [0, 0.1) is 0 Å². The maximum atomic E-state index is 10.8. The van der Waals surface area contributed by atoms with Crippen molar-refractivity contribution >= 4 is 11.8 Å². The van der Waals surface area contributed by atoms with Gasteiger partial charge in [-0.25, -0.2) is 9.48 Å². The second-order valence-corrected chi connectivity index (χ2v) is 2.68. The molecule has 1 aromatic heterocycles. The molecule has 0 aliphatic heterocycles. The van der Waals surface area contributed by atoms with E-state index in [2.05, 4.69) is 5.10 Å². The van der Waals surface area contributed by atoms with E-state index >= 15 is 0 Å². The van der Waals surface area contributed by atoms with E-state index in [1.807, 2.05) is 13.8 Å². The summed E-state index contributed by atoms with van der Waals surface area (Å²) in [6.07, 6.45) is 0.582. The first-order valence-electron chi connectivity index (χ1n) is 4.20. The van der Waals surface area contributed by atoms with Gasteiger partial charge in [-0.15, -0.1) is 0 Å². The molecule has 72 valence electrons. The minimum atomic E-state index is -1.01. The molecule has 0 spiro atoms. The summed E-state index contributed by atoms with van der Waals surface area (Å²) in [5, 5.41) is 12.9. The van der Waals surface area contributed by atoms with Gasteiger partial charge in [0.2, 0.25) is 0 Å². The molecule has 0 atom stereocenters. The fraction of sp³-hybridized carbons (Fsp3) is 0.500. The topological polar surface area (TPSA) is 81.1 Å². The predicted molar refractivity (Wildman–Crippen MR) is 48.7 cm³/mol. The van der Waals surface area contributed by atoms with Gasteiger partial charge in [-0.2, -0.15) is 5.10 Å². The molecule has 0 saturated heterocycles. The molecule has 5 heteroatoms. The summed E-state index contributed by atoms with van der Waals surface area (Å²) in [7, 11) is 0. The maximum Gasteiger partial charge on any atom is 0.341 e. The standard InChI is InChI=1S/C8H13N3O2/c1-3-5-6(8(12)13)7(9)11(4-2)10-5/h3-4,9H2,1-2H3,(H,12,13). The zero-order valence-electron chi connectivity index (χ0n) is 7.74. The predicted octanol–water partition coefficient (Wildman–Crippen LogP) is 0.746. The van der Waals surface area contributed by atoms with Crippen LogP contribution >= 0.6 is 0 Å². The van der Waals surface area contributed by atoms with Crippen LogP contribution in [-0.4, -0.2) is 20.9 Å². The van der Waals surface area contributed by atoms with Crippen molar-refractivity contribution in [1.82, 2.24) is 9.78 Å². The van der Waals surface area contributed by atoms with Gasteiger partial charge < -0.3 is 10.8 Å².